The van der Waals surface area contributed by atoms with Gasteiger partial charge in [-0.05, 0) is 49.8 Å². The molecule has 4 nitrogen and oxygen atoms in total. The van der Waals surface area contributed by atoms with Crippen molar-refractivity contribution in [3.8, 4) is 5.88 Å². The Balaban J connectivity index is 0.000000606. The molecular weight excluding hydrogens is 392 g/mol. The number of para-hydroxylation sites is 1. The number of pyridine rings is 1. The van der Waals surface area contributed by atoms with Crippen molar-refractivity contribution in [3.63, 3.8) is 0 Å². The molecule has 0 radical (unpaired) electrons. The first-order valence-corrected chi connectivity index (χ1v) is 12.2. The number of fused-ring (bicyclic) bond motifs is 1. The van der Waals surface area contributed by atoms with E-state index in [1.165, 1.54) is 15.3 Å². The van der Waals surface area contributed by atoms with Gasteiger partial charge in [0, 0.05) is 30.9 Å². The zero-order valence-corrected chi connectivity index (χ0v) is 19.5. The molecule has 2 fully saturated rings. The number of nitrogens with zero attached hydrogens (tertiary/aromatic N) is 2. The molecule has 0 atom stereocenters. The van der Waals surface area contributed by atoms with Gasteiger partial charge in [0.2, 0.25) is 5.88 Å². The summed E-state index contributed by atoms with van der Waals surface area (Å²) in [6, 6.07) is 12.6. The topological polar surface area (TPSA) is 44.2 Å². The van der Waals surface area contributed by atoms with Gasteiger partial charge in [0.1, 0.15) is 6.10 Å². The van der Waals surface area contributed by atoms with Gasteiger partial charge in [-0.2, -0.15) is 0 Å². The molecule has 0 spiro atoms. The number of thiazole rings is 1. The van der Waals surface area contributed by atoms with Crippen LogP contribution in [0.5, 0.6) is 5.88 Å². The van der Waals surface area contributed by atoms with Crippen molar-refractivity contribution < 1.29 is 9.47 Å². The minimum Gasteiger partial charge on any atom is -0.474 e. The van der Waals surface area contributed by atoms with Crippen molar-refractivity contribution in [2.45, 2.75) is 71.3 Å². The molecule has 1 saturated carbocycles. The van der Waals surface area contributed by atoms with Crippen LogP contribution in [0, 0.1) is 0 Å². The summed E-state index contributed by atoms with van der Waals surface area (Å²) in [4.78, 5) is 9.33. The highest BCUT2D eigenvalue weighted by molar-refractivity contribution is 7.18. The van der Waals surface area contributed by atoms with E-state index in [9.17, 15) is 0 Å². The smallest absolute Gasteiger partial charge is 0.217 e. The van der Waals surface area contributed by atoms with Gasteiger partial charge in [0.15, 0.2) is 0 Å². The Morgan fingerprint density at radius 3 is 2.40 bits per heavy atom. The average molecular weight is 427 g/mol. The third-order valence-electron chi connectivity index (χ3n) is 5.49. The Bertz CT molecular complexity index is 866. The lowest BCUT2D eigenvalue weighted by atomic mass is 9.82. The highest BCUT2D eigenvalue weighted by Gasteiger charge is 2.35. The lowest BCUT2D eigenvalue weighted by molar-refractivity contribution is 0.0771. The molecule has 2 aromatic heterocycles. The fraction of sp³-hybridized carbons (Fsp3) is 0.520. The third-order valence-corrected chi connectivity index (χ3v) is 6.69. The van der Waals surface area contributed by atoms with E-state index in [0.29, 0.717) is 11.8 Å². The minimum atomic E-state index is 0.250. The zero-order valence-electron chi connectivity index (χ0n) is 18.6. The van der Waals surface area contributed by atoms with Gasteiger partial charge >= 0.3 is 0 Å². The molecule has 2 aliphatic rings. The Kier molecular flexibility index (Phi) is 8.64. The van der Waals surface area contributed by atoms with Crippen LogP contribution in [0.25, 0.3) is 10.2 Å². The fourth-order valence-electron chi connectivity index (χ4n) is 3.91. The standard InChI is InChI=1S/C21H22N2O2S.2C2H6/c1-2-6-19-18(5-1)23-21(26-19)15-12-16(13-15)25-20-17(4-3-9-22-20)14-7-10-24-11-8-14;2*1-2/h1-6,9,14-16H,7-8,10-13H2;2*1-2H3. The van der Waals surface area contributed by atoms with Gasteiger partial charge in [0.25, 0.3) is 0 Å². The summed E-state index contributed by atoms with van der Waals surface area (Å²) in [5.74, 6) is 1.85. The molecule has 1 aromatic carbocycles. The number of ether oxygens (including phenoxy) is 2. The summed E-state index contributed by atoms with van der Waals surface area (Å²) >= 11 is 1.82. The van der Waals surface area contributed by atoms with Crippen LogP contribution in [0.2, 0.25) is 0 Å². The Labute approximate surface area is 184 Å². The minimum absolute atomic E-state index is 0.250. The van der Waals surface area contributed by atoms with Crippen LogP contribution in [-0.2, 0) is 4.74 Å². The molecule has 1 saturated heterocycles. The fourth-order valence-corrected chi connectivity index (χ4v) is 5.00. The van der Waals surface area contributed by atoms with Crippen molar-refractivity contribution >= 4 is 21.6 Å². The van der Waals surface area contributed by atoms with Gasteiger partial charge in [-0.15, -0.1) is 11.3 Å². The molecule has 1 aliphatic heterocycles. The molecular formula is C25H34N2O2S. The van der Waals surface area contributed by atoms with Crippen LogP contribution in [0.4, 0.5) is 0 Å². The first kappa shape index (κ1) is 22.7. The van der Waals surface area contributed by atoms with Crippen LogP contribution in [0.1, 0.15) is 75.8 Å². The second-order valence-corrected chi connectivity index (χ2v) is 8.27. The lowest BCUT2D eigenvalue weighted by Gasteiger charge is -2.34. The van der Waals surface area contributed by atoms with E-state index >= 15 is 0 Å². The molecule has 5 heteroatoms. The van der Waals surface area contributed by atoms with Crippen molar-refractivity contribution in [3.05, 3.63) is 53.2 Å². The second kappa shape index (κ2) is 11.4. The summed E-state index contributed by atoms with van der Waals surface area (Å²) in [7, 11) is 0. The highest BCUT2D eigenvalue weighted by Crippen LogP contribution is 2.43. The van der Waals surface area contributed by atoms with Crippen molar-refractivity contribution in [1.29, 1.82) is 0 Å². The number of rotatable bonds is 4. The van der Waals surface area contributed by atoms with Crippen LogP contribution in [0.15, 0.2) is 42.6 Å². The molecule has 0 N–H and O–H groups in total. The van der Waals surface area contributed by atoms with E-state index in [2.05, 4.69) is 35.3 Å². The molecule has 0 amide bonds. The van der Waals surface area contributed by atoms with Crippen LogP contribution in [-0.4, -0.2) is 29.3 Å². The maximum Gasteiger partial charge on any atom is 0.217 e. The largest absolute Gasteiger partial charge is 0.474 e. The SMILES string of the molecule is CC.CC.c1cnc(OC2CC(c3nc4ccccc4s3)C2)c(C2CCOCC2)c1. The normalized spacial score (nSPS) is 20.9. The lowest BCUT2D eigenvalue weighted by Crippen LogP contribution is -2.33. The van der Waals surface area contributed by atoms with Crippen molar-refractivity contribution in [2.24, 2.45) is 0 Å². The molecule has 3 heterocycles. The van der Waals surface area contributed by atoms with Gasteiger partial charge in [0.05, 0.1) is 15.2 Å². The number of hydrogen-bond acceptors (Lipinski definition) is 5. The van der Waals surface area contributed by atoms with Crippen molar-refractivity contribution in [2.75, 3.05) is 13.2 Å². The summed E-state index contributed by atoms with van der Waals surface area (Å²) in [6.07, 6.45) is 6.26. The number of aromatic nitrogens is 2. The number of benzene rings is 1. The summed E-state index contributed by atoms with van der Waals surface area (Å²) in [6.45, 7) is 9.67. The van der Waals surface area contributed by atoms with E-state index in [4.69, 9.17) is 14.5 Å². The molecule has 1 aliphatic carbocycles. The molecule has 0 unspecified atom stereocenters. The summed E-state index contributed by atoms with van der Waals surface area (Å²) < 4.78 is 13.1. The Morgan fingerprint density at radius 2 is 1.67 bits per heavy atom. The monoisotopic (exact) mass is 426 g/mol. The average Bonchev–Trinajstić information content (AvgIpc) is 3.23. The van der Waals surface area contributed by atoms with Crippen LogP contribution >= 0.6 is 11.3 Å². The molecule has 162 valence electrons. The summed E-state index contributed by atoms with van der Waals surface area (Å²) in [5.41, 5.74) is 2.36. The van der Waals surface area contributed by atoms with E-state index in [1.807, 2.05) is 51.3 Å². The first-order chi connectivity index (χ1) is 14.9. The van der Waals surface area contributed by atoms with Crippen LogP contribution < -0.4 is 4.74 Å². The Morgan fingerprint density at radius 1 is 0.933 bits per heavy atom. The second-order valence-electron chi connectivity index (χ2n) is 7.21. The zero-order chi connectivity index (χ0) is 21.3. The first-order valence-electron chi connectivity index (χ1n) is 11.4. The van der Waals surface area contributed by atoms with Gasteiger partial charge in [-0.1, -0.05) is 45.9 Å². The summed E-state index contributed by atoms with van der Waals surface area (Å²) in [5, 5.41) is 1.25. The third kappa shape index (κ3) is 5.19. The van der Waals surface area contributed by atoms with E-state index < -0.39 is 0 Å². The highest BCUT2D eigenvalue weighted by atomic mass is 32.1. The van der Waals surface area contributed by atoms with E-state index in [0.717, 1.165) is 50.3 Å². The van der Waals surface area contributed by atoms with Gasteiger partial charge in [-0.3, -0.25) is 0 Å². The Hall–Kier alpha value is -1.98. The van der Waals surface area contributed by atoms with Gasteiger partial charge in [-0.25, -0.2) is 9.97 Å². The van der Waals surface area contributed by atoms with E-state index in [1.54, 1.807) is 0 Å². The maximum absolute atomic E-state index is 6.29. The predicted octanol–water partition coefficient (Wildman–Crippen LogP) is 6.96. The van der Waals surface area contributed by atoms with Crippen molar-refractivity contribution in [1.82, 2.24) is 9.97 Å². The predicted molar refractivity (Wildman–Crippen MR) is 126 cm³/mol. The quantitative estimate of drug-likeness (QED) is 0.452. The molecule has 3 aromatic rings. The molecule has 30 heavy (non-hydrogen) atoms. The number of hydrogen-bond donors (Lipinski definition) is 0. The molecule has 5 rings (SSSR count). The van der Waals surface area contributed by atoms with Crippen LogP contribution in [0.3, 0.4) is 0 Å². The molecule has 0 bridgehead atoms. The van der Waals surface area contributed by atoms with E-state index in [-0.39, 0.29) is 6.10 Å². The maximum atomic E-state index is 6.29. The van der Waals surface area contributed by atoms with Gasteiger partial charge < -0.3 is 9.47 Å².